The van der Waals surface area contributed by atoms with Crippen LogP contribution in [0.25, 0.3) is 0 Å². The van der Waals surface area contributed by atoms with Gasteiger partial charge in [-0.1, -0.05) is 0 Å². The van der Waals surface area contributed by atoms with Gasteiger partial charge in [-0.15, -0.1) is 0 Å². The van der Waals surface area contributed by atoms with Crippen molar-refractivity contribution in [2.45, 2.75) is 4.90 Å². The van der Waals surface area contributed by atoms with Crippen molar-refractivity contribution >= 4 is 35.3 Å². The van der Waals surface area contributed by atoms with Gasteiger partial charge in [-0.25, -0.2) is 16.8 Å². The molecule has 0 bridgehead atoms. The number of ether oxygens (including phenoxy) is 1. The summed E-state index contributed by atoms with van der Waals surface area (Å²) in [5.74, 6) is -1.60. The molecule has 0 aliphatic rings. The van der Waals surface area contributed by atoms with Crippen LogP contribution in [0.15, 0.2) is 23.1 Å². The first-order valence-corrected chi connectivity index (χ1v) is 9.17. The number of benzene rings is 1. The molecule has 0 fully saturated rings. The number of nitrogens with zero attached hydrogens (tertiary/aromatic N) is 1. The Morgan fingerprint density at radius 1 is 1.25 bits per heavy atom. The van der Waals surface area contributed by atoms with Gasteiger partial charge < -0.3 is 4.74 Å². The van der Waals surface area contributed by atoms with Gasteiger partial charge in [0.25, 0.3) is 5.69 Å². The highest BCUT2D eigenvalue weighted by molar-refractivity contribution is 8.14. The summed E-state index contributed by atoms with van der Waals surface area (Å²) in [5.41, 5.74) is -0.655. The predicted molar refractivity (Wildman–Crippen MR) is 71.3 cm³/mol. The lowest BCUT2D eigenvalue weighted by Crippen LogP contribution is -2.15. The van der Waals surface area contributed by atoms with Crippen LogP contribution in [0.3, 0.4) is 0 Å². The van der Waals surface area contributed by atoms with Crippen molar-refractivity contribution in [1.82, 2.24) is 0 Å². The van der Waals surface area contributed by atoms with E-state index in [-0.39, 0.29) is 5.75 Å². The highest BCUT2D eigenvalue weighted by Gasteiger charge is 2.27. The summed E-state index contributed by atoms with van der Waals surface area (Å²) in [5, 5.41) is 10.8. The van der Waals surface area contributed by atoms with Gasteiger partial charge in [-0.3, -0.25) is 10.1 Å². The molecule has 0 amide bonds. The molecular formula is C9H10ClNO7S2. The molecule has 0 spiro atoms. The molecule has 0 radical (unpaired) electrons. The number of rotatable bonds is 6. The highest BCUT2D eigenvalue weighted by atomic mass is 35.7. The summed E-state index contributed by atoms with van der Waals surface area (Å²) in [6.07, 6.45) is 0. The summed E-state index contributed by atoms with van der Waals surface area (Å²) in [4.78, 5) is 9.34. The Morgan fingerprint density at radius 2 is 1.85 bits per heavy atom. The molecule has 0 aromatic heterocycles. The minimum Gasteiger partial charge on any atom is -0.497 e. The van der Waals surface area contributed by atoms with Crippen LogP contribution >= 0.6 is 10.7 Å². The number of hydrogen-bond acceptors (Lipinski definition) is 7. The summed E-state index contributed by atoms with van der Waals surface area (Å²) >= 11 is 0. The monoisotopic (exact) mass is 343 g/mol. The molecular weight excluding hydrogens is 334 g/mol. The fraction of sp³-hybridized carbons (Fsp3) is 0.333. The minimum absolute atomic E-state index is 0.0999. The smallest absolute Gasteiger partial charge is 0.288 e. The van der Waals surface area contributed by atoms with E-state index in [0.717, 1.165) is 12.1 Å². The van der Waals surface area contributed by atoms with Gasteiger partial charge in [-0.05, 0) is 6.07 Å². The van der Waals surface area contributed by atoms with Gasteiger partial charge in [0.15, 0.2) is 9.84 Å². The third-order valence-corrected chi connectivity index (χ3v) is 5.45. The molecule has 0 atom stereocenters. The maximum Gasteiger partial charge on any atom is 0.288 e. The van der Waals surface area contributed by atoms with Gasteiger partial charge in [0.1, 0.15) is 10.6 Å². The zero-order valence-corrected chi connectivity index (χ0v) is 12.5. The van der Waals surface area contributed by atoms with Crippen molar-refractivity contribution in [2.75, 3.05) is 18.6 Å². The second kappa shape index (κ2) is 5.94. The molecule has 0 aliphatic carbocycles. The fourth-order valence-electron chi connectivity index (χ4n) is 1.34. The quantitative estimate of drug-likeness (QED) is 0.428. The van der Waals surface area contributed by atoms with Crippen molar-refractivity contribution in [1.29, 1.82) is 0 Å². The van der Waals surface area contributed by atoms with Gasteiger partial charge in [-0.2, -0.15) is 0 Å². The number of nitro benzene ring substituents is 1. The third-order valence-electron chi connectivity index (χ3n) is 2.29. The Kier molecular flexibility index (Phi) is 4.95. The second-order valence-corrected chi connectivity index (χ2v) is 8.63. The Balaban J connectivity index is 3.31. The molecule has 0 N–H and O–H groups in total. The summed E-state index contributed by atoms with van der Waals surface area (Å²) < 4.78 is 50.4. The van der Waals surface area contributed by atoms with Crippen LogP contribution in [-0.4, -0.2) is 40.4 Å². The van der Waals surface area contributed by atoms with E-state index in [1.807, 2.05) is 0 Å². The Labute approximate surface area is 119 Å². The van der Waals surface area contributed by atoms with Crippen molar-refractivity contribution < 1.29 is 26.5 Å². The molecule has 0 aliphatic heterocycles. The van der Waals surface area contributed by atoms with Gasteiger partial charge in [0.2, 0.25) is 9.05 Å². The number of hydrogen-bond donors (Lipinski definition) is 0. The maximum atomic E-state index is 12.0. The SMILES string of the molecule is COc1ccc([N+](=O)[O-])c(S(=O)(=O)CCS(=O)(=O)Cl)c1. The Bertz CT molecular complexity index is 727. The molecule has 20 heavy (non-hydrogen) atoms. The Hall–Kier alpha value is -1.39. The first-order valence-electron chi connectivity index (χ1n) is 5.04. The van der Waals surface area contributed by atoms with Crippen LogP contribution in [0.2, 0.25) is 0 Å². The normalized spacial score (nSPS) is 12.1. The standard InChI is InChI=1S/C9H10ClNO7S2/c1-18-7-2-3-8(11(12)13)9(6-7)19(14,15)4-5-20(10,16)17/h2-3,6H,4-5H2,1H3. The van der Waals surface area contributed by atoms with Crippen LogP contribution < -0.4 is 4.74 Å². The average molecular weight is 344 g/mol. The number of sulfone groups is 1. The molecule has 1 aromatic carbocycles. The maximum absolute atomic E-state index is 12.0. The lowest BCUT2D eigenvalue weighted by Gasteiger charge is -2.06. The van der Waals surface area contributed by atoms with E-state index in [2.05, 4.69) is 0 Å². The average Bonchev–Trinajstić information content (AvgIpc) is 2.35. The lowest BCUT2D eigenvalue weighted by atomic mass is 10.3. The number of methoxy groups -OCH3 is 1. The Morgan fingerprint density at radius 3 is 2.30 bits per heavy atom. The van der Waals surface area contributed by atoms with Crippen LogP contribution in [0.4, 0.5) is 5.69 Å². The topological polar surface area (TPSA) is 121 Å². The van der Waals surface area contributed by atoms with E-state index in [0.29, 0.717) is 0 Å². The molecule has 8 nitrogen and oxygen atoms in total. The van der Waals surface area contributed by atoms with Crippen molar-refractivity contribution in [3.05, 3.63) is 28.3 Å². The molecule has 1 aromatic rings. The van der Waals surface area contributed by atoms with E-state index < -0.39 is 45.9 Å². The molecule has 0 unspecified atom stereocenters. The molecule has 1 rings (SSSR count). The van der Waals surface area contributed by atoms with Gasteiger partial charge >= 0.3 is 0 Å². The van der Waals surface area contributed by atoms with E-state index in [9.17, 15) is 26.9 Å². The van der Waals surface area contributed by atoms with E-state index in [4.69, 9.17) is 15.4 Å². The van der Waals surface area contributed by atoms with E-state index >= 15 is 0 Å². The first kappa shape index (κ1) is 16.7. The molecule has 0 saturated carbocycles. The second-order valence-electron chi connectivity index (χ2n) is 3.65. The number of nitro groups is 1. The van der Waals surface area contributed by atoms with Crippen molar-refractivity contribution in [3.63, 3.8) is 0 Å². The van der Waals surface area contributed by atoms with Crippen LogP contribution in [0.5, 0.6) is 5.75 Å². The molecule has 11 heteroatoms. The van der Waals surface area contributed by atoms with E-state index in [1.165, 1.54) is 13.2 Å². The van der Waals surface area contributed by atoms with E-state index in [1.54, 1.807) is 0 Å². The molecule has 112 valence electrons. The summed E-state index contributed by atoms with van der Waals surface area (Å²) in [7, 11) is -2.01. The van der Waals surface area contributed by atoms with Crippen LogP contribution in [0, 0.1) is 10.1 Å². The van der Waals surface area contributed by atoms with Crippen LogP contribution in [-0.2, 0) is 18.9 Å². The third kappa shape index (κ3) is 4.32. The van der Waals surface area contributed by atoms with Crippen molar-refractivity contribution in [3.8, 4) is 5.75 Å². The summed E-state index contributed by atoms with van der Waals surface area (Å²) in [6, 6.07) is 3.17. The zero-order valence-electron chi connectivity index (χ0n) is 10.1. The number of halogens is 1. The van der Waals surface area contributed by atoms with Gasteiger partial charge in [0, 0.05) is 22.8 Å². The lowest BCUT2D eigenvalue weighted by molar-refractivity contribution is -0.387. The highest BCUT2D eigenvalue weighted by Crippen LogP contribution is 2.29. The summed E-state index contributed by atoms with van der Waals surface area (Å²) in [6.45, 7) is 0. The minimum atomic E-state index is -4.19. The van der Waals surface area contributed by atoms with Gasteiger partial charge in [0.05, 0.1) is 23.5 Å². The predicted octanol–water partition coefficient (Wildman–Crippen LogP) is 0.946. The molecule has 0 saturated heterocycles. The molecule has 0 heterocycles. The van der Waals surface area contributed by atoms with Crippen molar-refractivity contribution in [2.24, 2.45) is 0 Å². The largest absolute Gasteiger partial charge is 0.497 e. The zero-order chi connectivity index (χ0) is 15.6. The first-order chi connectivity index (χ1) is 9.07. The fourth-order valence-corrected chi connectivity index (χ4v) is 4.56. The van der Waals surface area contributed by atoms with Crippen LogP contribution in [0.1, 0.15) is 0 Å².